The van der Waals surface area contributed by atoms with E-state index >= 15 is 0 Å². The molecule has 1 saturated carbocycles. The van der Waals surface area contributed by atoms with Crippen LogP contribution < -0.4 is 0 Å². The van der Waals surface area contributed by atoms with Crippen LogP contribution >= 0.6 is 0 Å². The van der Waals surface area contributed by atoms with E-state index in [-0.39, 0.29) is 0 Å². The molecular weight excluding hydrogens is 122 g/mol. The number of rotatable bonds is 0. The van der Waals surface area contributed by atoms with E-state index < -0.39 is 0 Å². The van der Waals surface area contributed by atoms with Crippen molar-refractivity contribution in [1.29, 1.82) is 0 Å². The molecule has 1 nitrogen and oxygen atoms in total. The van der Waals surface area contributed by atoms with Gasteiger partial charge in [-0.25, -0.2) is 0 Å². The maximum Gasteiger partial charge on any atom is 0.0133 e. The lowest BCUT2D eigenvalue weighted by atomic mass is 9.54. The van der Waals surface area contributed by atoms with Gasteiger partial charge in [-0.05, 0) is 38.1 Å². The van der Waals surface area contributed by atoms with E-state index in [4.69, 9.17) is 0 Å². The Hall–Kier alpha value is -0.0400. The predicted octanol–water partition coefficient (Wildman–Crippen LogP) is 1.74. The molecule has 1 heteroatoms. The lowest BCUT2D eigenvalue weighted by molar-refractivity contribution is -0.128. The largest absolute Gasteiger partial charge is 0.302 e. The highest BCUT2D eigenvalue weighted by atomic mass is 15.2. The van der Waals surface area contributed by atoms with Crippen molar-refractivity contribution in [3.05, 3.63) is 0 Å². The Morgan fingerprint density at radius 1 is 1.30 bits per heavy atom. The van der Waals surface area contributed by atoms with Crippen LogP contribution in [0.1, 0.15) is 26.7 Å². The average Bonchev–Trinajstić information content (AvgIpc) is 1.84. The molecule has 0 aromatic rings. The highest BCUT2D eigenvalue weighted by Crippen LogP contribution is 2.55. The van der Waals surface area contributed by atoms with Crippen LogP contribution in [-0.2, 0) is 0 Å². The summed E-state index contributed by atoms with van der Waals surface area (Å²) in [5.74, 6) is 1.01. The van der Waals surface area contributed by atoms with Gasteiger partial charge in [-0.3, -0.25) is 0 Å². The highest BCUT2D eigenvalue weighted by molar-refractivity contribution is 5.07. The van der Waals surface area contributed by atoms with Crippen LogP contribution in [-0.4, -0.2) is 24.5 Å². The molecule has 10 heavy (non-hydrogen) atoms. The standard InChI is InChI=1S/C9H17N/c1-7-4-9(5-7)6-10(3)8(9)2/h7-8H,4-6H2,1-3H3. The molecule has 1 saturated heterocycles. The van der Waals surface area contributed by atoms with Crippen LogP contribution in [0, 0.1) is 11.3 Å². The quantitative estimate of drug-likeness (QED) is 0.494. The molecule has 2 fully saturated rings. The fourth-order valence-electron chi connectivity index (χ4n) is 2.92. The van der Waals surface area contributed by atoms with Gasteiger partial charge in [0.25, 0.3) is 0 Å². The summed E-state index contributed by atoms with van der Waals surface area (Å²) in [6.07, 6.45) is 2.97. The zero-order valence-electron chi connectivity index (χ0n) is 7.22. The van der Waals surface area contributed by atoms with Crippen LogP contribution in [0.2, 0.25) is 0 Å². The molecule has 0 bridgehead atoms. The van der Waals surface area contributed by atoms with Crippen molar-refractivity contribution in [1.82, 2.24) is 4.90 Å². The Morgan fingerprint density at radius 2 is 1.90 bits per heavy atom. The first-order chi connectivity index (χ1) is 4.64. The molecule has 1 unspecified atom stereocenters. The molecule has 58 valence electrons. The molecule has 1 aliphatic carbocycles. The van der Waals surface area contributed by atoms with E-state index in [1.54, 1.807) is 0 Å². The zero-order chi connectivity index (χ0) is 7.35. The Morgan fingerprint density at radius 3 is 2.20 bits per heavy atom. The molecule has 2 rings (SSSR count). The van der Waals surface area contributed by atoms with Crippen molar-refractivity contribution in [2.45, 2.75) is 32.7 Å². The van der Waals surface area contributed by atoms with Gasteiger partial charge in [0.2, 0.25) is 0 Å². The van der Waals surface area contributed by atoms with E-state index in [0.717, 1.165) is 17.4 Å². The van der Waals surface area contributed by atoms with Gasteiger partial charge in [0.15, 0.2) is 0 Å². The summed E-state index contributed by atoms with van der Waals surface area (Å²) in [6, 6.07) is 0.865. The van der Waals surface area contributed by atoms with Crippen LogP contribution in [0.15, 0.2) is 0 Å². The van der Waals surface area contributed by atoms with Crippen molar-refractivity contribution < 1.29 is 0 Å². The van der Waals surface area contributed by atoms with Gasteiger partial charge in [0.1, 0.15) is 0 Å². The summed E-state index contributed by atoms with van der Waals surface area (Å²) < 4.78 is 0. The second-order valence-corrected chi connectivity index (χ2v) is 4.47. The highest BCUT2D eigenvalue weighted by Gasteiger charge is 2.54. The number of hydrogen-bond donors (Lipinski definition) is 0. The summed E-state index contributed by atoms with van der Waals surface area (Å²) in [4.78, 5) is 2.46. The molecule has 0 radical (unpaired) electrons. The molecule has 1 spiro atoms. The van der Waals surface area contributed by atoms with Gasteiger partial charge in [0.05, 0.1) is 0 Å². The monoisotopic (exact) mass is 139 g/mol. The minimum atomic E-state index is 0.772. The number of nitrogens with zero attached hydrogens (tertiary/aromatic N) is 1. The summed E-state index contributed by atoms with van der Waals surface area (Å²) >= 11 is 0. The van der Waals surface area contributed by atoms with E-state index in [2.05, 4.69) is 25.8 Å². The second kappa shape index (κ2) is 1.76. The van der Waals surface area contributed by atoms with Gasteiger partial charge in [-0.15, -0.1) is 0 Å². The normalized spacial score (nSPS) is 54.3. The topological polar surface area (TPSA) is 3.24 Å². The smallest absolute Gasteiger partial charge is 0.0133 e. The Labute approximate surface area is 63.4 Å². The fraction of sp³-hybridized carbons (Fsp3) is 1.00. The zero-order valence-corrected chi connectivity index (χ0v) is 7.22. The summed E-state index contributed by atoms with van der Waals surface area (Å²) in [5.41, 5.74) is 0.772. The minimum Gasteiger partial charge on any atom is -0.302 e. The van der Waals surface area contributed by atoms with Crippen LogP contribution in [0.25, 0.3) is 0 Å². The third kappa shape index (κ3) is 0.619. The molecule has 0 N–H and O–H groups in total. The third-order valence-corrected chi connectivity index (χ3v) is 3.62. The van der Waals surface area contributed by atoms with Gasteiger partial charge < -0.3 is 4.90 Å². The summed E-state index contributed by atoms with van der Waals surface area (Å²) in [7, 11) is 2.24. The summed E-state index contributed by atoms with van der Waals surface area (Å²) in [5, 5.41) is 0. The van der Waals surface area contributed by atoms with E-state index in [0.29, 0.717) is 0 Å². The number of likely N-dealkylation sites (tertiary alicyclic amines) is 1. The Balaban J connectivity index is 1.97. The maximum atomic E-state index is 2.46. The van der Waals surface area contributed by atoms with Gasteiger partial charge in [-0.1, -0.05) is 6.92 Å². The van der Waals surface area contributed by atoms with E-state index in [1.807, 2.05) is 0 Å². The molecule has 1 aliphatic heterocycles. The SMILES string of the molecule is CC1CC2(C1)CN(C)C2C. The molecular formula is C9H17N. The van der Waals surface area contributed by atoms with E-state index in [1.165, 1.54) is 19.4 Å². The van der Waals surface area contributed by atoms with E-state index in [9.17, 15) is 0 Å². The Bertz CT molecular complexity index is 141. The lowest BCUT2D eigenvalue weighted by Crippen LogP contribution is -2.66. The molecule has 2 aliphatic rings. The van der Waals surface area contributed by atoms with Gasteiger partial charge >= 0.3 is 0 Å². The van der Waals surface area contributed by atoms with Crippen molar-refractivity contribution >= 4 is 0 Å². The number of hydrogen-bond acceptors (Lipinski definition) is 1. The first-order valence-electron chi connectivity index (χ1n) is 4.34. The van der Waals surface area contributed by atoms with Crippen LogP contribution in [0.5, 0.6) is 0 Å². The minimum absolute atomic E-state index is 0.772. The van der Waals surface area contributed by atoms with Crippen molar-refractivity contribution in [2.24, 2.45) is 11.3 Å². The van der Waals surface area contributed by atoms with Crippen LogP contribution in [0.4, 0.5) is 0 Å². The second-order valence-electron chi connectivity index (χ2n) is 4.47. The van der Waals surface area contributed by atoms with Crippen LogP contribution in [0.3, 0.4) is 0 Å². The fourth-order valence-corrected chi connectivity index (χ4v) is 2.92. The predicted molar refractivity (Wildman–Crippen MR) is 42.9 cm³/mol. The van der Waals surface area contributed by atoms with Gasteiger partial charge in [0, 0.05) is 12.6 Å². The maximum absolute atomic E-state index is 2.46. The van der Waals surface area contributed by atoms with Crippen molar-refractivity contribution in [3.8, 4) is 0 Å². The van der Waals surface area contributed by atoms with Crippen molar-refractivity contribution in [3.63, 3.8) is 0 Å². The molecule has 0 aromatic heterocycles. The van der Waals surface area contributed by atoms with Gasteiger partial charge in [-0.2, -0.15) is 0 Å². The molecule has 1 heterocycles. The van der Waals surface area contributed by atoms with Crippen molar-refractivity contribution in [2.75, 3.05) is 13.6 Å². The first kappa shape index (κ1) is 6.66. The molecule has 0 amide bonds. The Kier molecular flexibility index (Phi) is 1.17. The average molecular weight is 139 g/mol. The lowest BCUT2D eigenvalue weighted by Gasteiger charge is -2.63. The summed E-state index contributed by atoms with van der Waals surface area (Å²) in [6.45, 7) is 6.10. The molecule has 1 atom stereocenters. The first-order valence-corrected chi connectivity index (χ1v) is 4.34. The third-order valence-electron chi connectivity index (χ3n) is 3.62. The molecule has 0 aromatic carbocycles.